The number of alkyl halides is 4. The van der Waals surface area contributed by atoms with Gasteiger partial charge in [0.15, 0.2) is 0 Å². The monoisotopic (exact) mass is 276 g/mol. The molecule has 0 aliphatic carbocycles. The van der Waals surface area contributed by atoms with Crippen LogP contribution in [0.3, 0.4) is 0 Å². The largest absolute Gasteiger partial charge is 0.382 e. The first-order valence-electron chi connectivity index (χ1n) is 5.37. The highest BCUT2D eigenvalue weighted by atomic mass is 19.3. The highest BCUT2D eigenvalue weighted by molar-refractivity contribution is 5.86. The second kappa shape index (κ2) is 4.77. The number of rotatable bonds is 3. The van der Waals surface area contributed by atoms with Crippen molar-refractivity contribution in [2.75, 3.05) is 0 Å². The van der Waals surface area contributed by atoms with Gasteiger partial charge < -0.3 is 5.11 Å². The van der Waals surface area contributed by atoms with E-state index in [0.717, 1.165) is 12.1 Å². The molecule has 1 nitrogen and oxygen atoms in total. The molecule has 0 heterocycles. The molecule has 0 fully saturated rings. The van der Waals surface area contributed by atoms with Crippen LogP contribution in [0.5, 0.6) is 0 Å². The molecule has 2 rings (SSSR count). The van der Waals surface area contributed by atoms with E-state index in [4.69, 9.17) is 0 Å². The quantitative estimate of drug-likeness (QED) is 0.843. The maximum atomic E-state index is 13.5. The lowest BCUT2D eigenvalue weighted by Gasteiger charge is -2.23. The molecule has 2 aromatic rings. The van der Waals surface area contributed by atoms with Crippen LogP contribution < -0.4 is 0 Å². The molecule has 0 spiro atoms. The molecule has 1 atom stereocenters. The van der Waals surface area contributed by atoms with Crippen LogP contribution in [-0.2, 0) is 0 Å². The van der Waals surface area contributed by atoms with Crippen molar-refractivity contribution < 1.29 is 27.1 Å². The Bertz CT molecular complexity index is 597. The first kappa shape index (κ1) is 13.7. The average molecular weight is 276 g/mol. The summed E-state index contributed by atoms with van der Waals surface area (Å²) >= 11 is 0. The lowest BCUT2D eigenvalue weighted by Crippen LogP contribution is -2.34. The van der Waals surface area contributed by atoms with Gasteiger partial charge in [0, 0.05) is 5.39 Å². The van der Waals surface area contributed by atoms with E-state index in [1.165, 1.54) is 24.3 Å². The zero-order chi connectivity index (χ0) is 14.2. The van der Waals surface area contributed by atoms with Gasteiger partial charge in [0.1, 0.15) is 11.9 Å². The van der Waals surface area contributed by atoms with Crippen molar-refractivity contribution in [2.24, 2.45) is 0 Å². The lowest BCUT2D eigenvalue weighted by atomic mass is 9.96. The van der Waals surface area contributed by atoms with Gasteiger partial charge in [0.05, 0.1) is 0 Å². The summed E-state index contributed by atoms with van der Waals surface area (Å²) in [5, 5.41) is 9.43. The van der Waals surface area contributed by atoms with Crippen molar-refractivity contribution in [1.82, 2.24) is 0 Å². The number of aliphatic hydroxyl groups excluding tert-OH is 1. The SMILES string of the molecule is OC(c1ccc(F)c2ccccc12)C(F)(F)C(F)F. The van der Waals surface area contributed by atoms with Gasteiger partial charge in [-0.05, 0) is 17.0 Å². The van der Waals surface area contributed by atoms with Crippen LogP contribution in [0.25, 0.3) is 10.8 Å². The van der Waals surface area contributed by atoms with Gasteiger partial charge in [0.2, 0.25) is 0 Å². The Kier molecular flexibility index (Phi) is 3.45. The van der Waals surface area contributed by atoms with Crippen LogP contribution in [0.4, 0.5) is 22.0 Å². The zero-order valence-electron chi connectivity index (χ0n) is 9.46. The van der Waals surface area contributed by atoms with Gasteiger partial charge in [-0.1, -0.05) is 30.3 Å². The second-order valence-corrected chi connectivity index (χ2v) is 4.06. The molecule has 1 N–H and O–H groups in total. The van der Waals surface area contributed by atoms with E-state index in [-0.39, 0.29) is 10.8 Å². The molecular weight excluding hydrogens is 267 g/mol. The van der Waals surface area contributed by atoms with Gasteiger partial charge in [-0.15, -0.1) is 0 Å². The topological polar surface area (TPSA) is 20.2 Å². The molecule has 0 aliphatic heterocycles. The maximum absolute atomic E-state index is 13.5. The number of benzene rings is 2. The Balaban J connectivity index is 2.61. The first-order chi connectivity index (χ1) is 8.85. The maximum Gasteiger partial charge on any atom is 0.336 e. The summed E-state index contributed by atoms with van der Waals surface area (Å²) in [5.74, 6) is -5.27. The van der Waals surface area contributed by atoms with Gasteiger partial charge in [0.25, 0.3) is 0 Å². The third-order valence-electron chi connectivity index (χ3n) is 2.85. The van der Waals surface area contributed by atoms with E-state index in [1.54, 1.807) is 0 Å². The first-order valence-corrected chi connectivity index (χ1v) is 5.37. The molecule has 0 aromatic heterocycles. The van der Waals surface area contributed by atoms with Crippen molar-refractivity contribution in [3.63, 3.8) is 0 Å². The molecular formula is C13H9F5O. The fourth-order valence-corrected chi connectivity index (χ4v) is 1.85. The van der Waals surface area contributed by atoms with E-state index in [2.05, 4.69) is 0 Å². The Morgan fingerprint density at radius 2 is 1.53 bits per heavy atom. The molecule has 6 heteroatoms. The van der Waals surface area contributed by atoms with Crippen LogP contribution >= 0.6 is 0 Å². The molecule has 102 valence electrons. The zero-order valence-corrected chi connectivity index (χ0v) is 9.46. The van der Waals surface area contributed by atoms with E-state index < -0.39 is 29.8 Å². The summed E-state index contributed by atoms with van der Waals surface area (Å²) in [7, 11) is 0. The van der Waals surface area contributed by atoms with Crippen LogP contribution in [0.15, 0.2) is 36.4 Å². The lowest BCUT2D eigenvalue weighted by molar-refractivity contribution is -0.193. The molecule has 0 amide bonds. The summed E-state index contributed by atoms with van der Waals surface area (Å²) in [5.41, 5.74) is -0.428. The standard InChI is InChI=1S/C13H9F5O/c14-10-6-5-9(7-3-1-2-4-8(7)10)11(19)13(17,18)12(15)16/h1-6,11-12,19H. The molecule has 0 radical (unpaired) electrons. The van der Waals surface area contributed by atoms with Gasteiger partial charge >= 0.3 is 12.3 Å². The molecule has 0 saturated carbocycles. The third-order valence-corrected chi connectivity index (χ3v) is 2.85. The van der Waals surface area contributed by atoms with Crippen LogP contribution in [-0.4, -0.2) is 17.5 Å². The fourth-order valence-electron chi connectivity index (χ4n) is 1.85. The Labute approximate surface area is 105 Å². The molecule has 19 heavy (non-hydrogen) atoms. The van der Waals surface area contributed by atoms with E-state index in [9.17, 15) is 27.1 Å². The van der Waals surface area contributed by atoms with E-state index in [1.807, 2.05) is 0 Å². The van der Waals surface area contributed by atoms with Crippen molar-refractivity contribution in [2.45, 2.75) is 18.5 Å². The smallest absolute Gasteiger partial charge is 0.336 e. The summed E-state index contributed by atoms with van der Waals surface area (Å²) in [6.45, 7) is 0. The number of halogens is 5. The number of hydrogen-bond donors (Lipinski definition) is 1. The molecule has 0 aliphatic rings. The Morgan fingerprint density at radius 3 is 2.11 bits per heavy atom. The fraction of sp³-hybridized carbons (Fsp3) is 0.231. The molecule has 2 aromatic carbocycles. The Hall–Kier alpha value is -1.69. The summed E-state index contributed by atoms with van der Waals surface area (Å²) in [6.07, 6.45) is -6.70. The highest BCUT2D eigenvalue weighted by Gasteiger charge is 2.49. The van der Waals surface area contributed by atoms with Crippen molar-refractivity contribution in [3.05, 3.63) is 47.8 Å². The average Bonchev–Trinajstić information content (AvgIpc) is 2.38. The van der Waals surface area contributed by atoms with Crippen LogP contribution in [0.2, 0.25) is 0 Å². The highest BCUT2D eigenvalue weighted by Crippen LogP contribution is 2.39. The number of hydrogen-bond acceptors (Lipinski definition) is 1. The van der Waals surface area contributed by atoms with Crippen molar-refractivity contribution in [1.29, 1.82) is 0 Å². The number of aliphatic hydroxyl groups is 1. The van der Waals surface area contributed by atoms with Gasteiger partial charge in [-0.2, -0.15) is 8.78 Å². The predicted molar refractivity (Wildman–Crippen MR) is 59.8 cm³/mol. The molecule has 0 bridgehead atoms. The minimum atomic E-state index is -4.60. The van der Waals surface area contributed by atoms with Gasteiger partial charge in [-0.3, -0.25) is 0 Å². The van der Waals surface area contributed by atoms with E-state index in [0.29, 0.717) is 0 Å². The van der Waals surface area contributed by atoms with Crippen LogP contribution in [0.1, 0.15) is 11.7 Å². The third kappa shape index (κ3) is 2.28. The number of fused-ring (bicyclic) bond motifs is 1. The van der Waals surface area contributed by atoms with Gasteiger partial charge in [-0.25, -0.2) is 13.2 Å². The normalized spacial score (nSPS) is 14.1. The minimum absolute atomic E-state index is 0.0101. The summed E-state index contributed by atoms with van der Waals surface area (Å²) < 4.78 is 64.3. The van der Waals surface area contributed by atoms with Crippen LogP contribution in [0, 0.1) is 5.82 Å². The predicted octanol–water partition coefficient (Wildman–Crippen LogP) is 3.91. The second-order valence-electron chi connectivity index (χ2n) is 4.06. The van der Waals surface area contributed by atoms with Crippen molar-refractivity contribution in [3.8, 4) is 0 Å². The minimum Gasteiger partial charge on any atom is -0.382 e. The van der Waals surface area contributed by atoms with E-state index >= 15 is 0 Å². The molecule has 1 unspecified atom stereocenters. The van der Waals surface area contributed by atoms with Crippen molar-refractivity contribution >= 4 is 10.8 Å². The Morgan fingerprint density at radius 1 is 0.947 bits per heavy atom. The summed E-state index contributed by atoms with van der Waals surface area (Å²) in [6, 6.07) is 7.28. The molecule has 0 saturated heterocycles. The summed E-state index contributed by atoms with van der Waals surface area (Å²) in [4.78, 5) is 0.